The Morgan fingerprint density at radius 2 is 2.20 bits per heavy atom. The van der Waals surface area contributed by atoms with Gasteiger partial charge in [0.2, 0.25) is 5.95 Å². The Balaban J connectivity index is 2.32. The maximum Gasteiger partial charge on any atom is 0.265 e. The second-order valence-corrected chi connectivity index (χ2v) is 5.22. The van der Waals surface area contributed by atoms with Crippen molar-refractivity contribution in [3.63, 3.8) is 0 Å². The first-order chi connectivity index (χ1) is 9.55. The molecule has 0 saturated carbocycles. The Labute approximate surface area is 118 Å². The Kier molecular flexibility index (Phi) is 4.63. The van der Waals surface area contributed by atoms with Crippen molar-refractivity contribution >= 4 is 33.3 Å². The molecule has 110 valence electrons. The minimum absolute atomic E-state index is 0.191. The van der Waals surface area contributed by atoms with E-state index in [0.717, 1.165) is 16.7 Å². The lowest BCUT2D eigenvalue weighted by atomic mass is 10.3. The number of hydrogen-bond donors (Lipinski definition) is 4. The van der Waals surface area contributed by atoms with Crippen LogP contribution < -0.4 is 16.6 Å². The summed E-state index contributed by atoms with van der Waals surface area (Å²) in [6, 6.07) is 1.90. The molecule has 0 spiro atoms. The topological polar surface area (TPSA) is 96.1 Å². The Hall–Kier alpha value is -1.58. The van der Waals surface area contributed by atoms with Gasteiger partial charge in [-0.3, -0.25) is 5.43 Å². The summed E-state index contributed by atoms with van der Waals surface area (Å²) in [5.74, 6) is 5.85. The van der Waals surface area contributed by atoms with Crippen molar-refractivity contribution in [3.8, 4) is 0 Å². The minimum Gasteiger partial charge on any atom is -0.385 e. The molecule has 6 nitrogen and oxygen atoms in total. The smallest absolute Gasteiger partial charge is 0.265 e. The molecular formula is C11H15F2N5OS. The van der Waals surface area contributed by atoms with Crippen molar-refractivity contribution < 1.29 is 13.9 Å². The van der Waals surface area contributed by atoms with Gasteiger partial charge >= 0.3 is 0 Å². The molecule has 9 heteroatoms. The lowest BCUT2D eigenvalue weighted by molar-refractivity contribution is 0.00382. The SMILES string of the molecule is CCc1cc2c(NCC(O)C(F)F)nc(NN)nc2s1. The van der Waals surface area contributed by atoms with Gasteiger partial charge in [0, 0.05) is 11.4 Å². The van der Waals surface area contributed by atoms with E-state index in [4.69, 9.17) is 10.9 Å². The van der Waals surface area contributed by atoms with Crippen LogP contribution in [0.5, 0.6) is 0 Å². The molecule has 5 N–H and O–H groups in total. The standard InChI is InChI=1S/C11H15F2N5OS/c1-2-5-3-6-9(15-4-7(19)8(12)13)16-11(18-14)17-10(6)20-5/h3,7-8,19H,2,4,14H2,1H3,(H2,15,16,17,18). The molecule has 0 bridgehead atoms. The van der Waals surface area contributed by atoms with Gasteiger partial charge in [0.1, 0.15) is 16.8 Å². The molecule has 0 aliphatic rings. The molecule has 2 heterocycles. The van der Waals surface area contributed by atoms with Crippen molar-refractivity contribution in [1.29, 1.82) is 0 Å². The number of aryl methyl sites for hydroxylation is 1. The minimum atomic E-state index is -2.80. The van der Waals surface area contributed by atoms with Crippen LogP contribution in [0.15, 0.2) is 6.07 Å². The van der Waals surface area contributed by atoms with Crippen molar-refractivity contribution in [1.82, 2.24) is 9.97 Å². The van der Waals surface area contributed by atoms with Crippen LogP contribution in [-0.4, -0.2) is 34.1 Å². The molecule has 0 amide bonds. The van der Waals surface area contributed by atoms with Gasteiger partial charge in [0.25, 0.3) is 6.43 Å². The molecule has 1 unspecified atom stereocenters. The molecule has 2 rings (SSSR count). The number of aromatic nitrogens is 2. The molecule has 20 heavy (non-hydrogen) atoms. The van der Waals surface area contributed by atoms with Crippen molar-refractivity contribution in [2.45, 2.75) is 25.9 Å². The zero-order chi connectivity index (χ0) is 14.7. The lowest BCUT2D eigenvalue weighted by Crippen LogP contribution is -2.27. The number of thiophene rings is 1. The highest BCUT2D eigenvalue weighted by atomic mass is 32.1. The van der Waals surface area contributed by atoms with Crippen LogP contribution >= 0.6 is 11.3 Å². The van der Waals surface area contributed by atoms with E-state index in [2.05, 4.69) is 20.7 Å². The molecular weight excluding hydrogens is 288 g/mol. The van der Waals surface area contributed by atoms with Gasteiger partial charge in [-0.2, -0.15) is 4.98 Å². The number of nitrogens with two attached hydrogens (primary N) is 1. The first-order valence-corrected chi connectivity index (χ1v) is 6.84. The number of aliphatic hydroxyl groups is 1. The second kappa shape index (κ2) is 6.25. The van der Waals surface area contributed by atoms with Gasteiger partial charge in [0.15, 0.2) is 0 Å². The molecule has 0 fully saturated rings. The fourth-order valence-electron chi connectivity index (χ4n) is 1.64. The molecule has 0 aromatic carbocycles. The Morgan fingerprint density at radius 3 is 2.80 bits per heavy atom. The maximum absolute atomic E-state index is 12.3. The van der Waals surface area contributed by atoms with E-state index in [-0.39, 0.29) is 12.5 Å². The number of halogens is 2. The summed E-state index contributed by atoms with van der Waals surface area (Å²) in [7, 11) is 0. The fraction of sp³-hybridized carbons (Fsp3) is 0.455. The van der Waals surface area contributed by atoms with Gasteiger partial charge in [-0.05, 0) is 12.5 Å². The summed E-state index contributed by atoms with van der Waals surface area (Å²) in [5, 5.41) is 12.6. The van der Waals surface area contributed by atoms with E-state index in [1.54, 1.807) is 0 Å². The molecule has 2 aromatic heterocycles. The number of hydrazine groups is 1. The summed E-state index contributed by atoms with van der Waals surface area (Å²) in [4.78, 5) is 10.1. The van der Waals surface area contributed by atoms with Crippen LogP contribution in [0.4, 0.5) is 20.5 Å². The van der Waals surface area contributed by atoms with E-state index in [1.165, 1.54) is 11.3 Å². The van der Waals surface area contributed by atoms with E-state index in [9.17, 15) is 8.78 Å². The van der Waals surface area contributed by atoms with Crippen LogP contribution in [0.25, 0.3) is 10.2 Å². The van der Waals surface area contributed by atoms with Crippen LogP contribution in [0.2, 0.25) is 0 Å². The largest absolute Gasteiger partial charge is 0.385 e. The summed E-state index contributed by atoms with van der Waals surface area (Å²) in [6.45, 7) is 1.71. The summed E-state index contributed by atoms with van der Waals surface area (Å²) in [6.07, 6.45) is -3.72. The average molecular weight is 303 g/mol. The first-order valence-electron chi connectivity index (χ1n) is 6.02. The van der Waals surface area contributed by atoms with Crippen molar-refractivity contribution in [2.24, 2.45) is 5.84 Å². The third-order valence-corrected chi connectivity index (χ3v) is 3.86. The summed E-state index contributed by atoms with van der Waals surface area (Å²) >= 11 is 1.48. The zero-order valence-electron chi connectivity index (χ0n) is 10.7. The number of aliphatic hydroxyl groups excluding tert-OH is 1. The number of hydrogen-bond acceptors (Lipinski definition) is 7. The van der Waals surface area contributed by atoms with Gasteiger partial charge in [-0.1, -0.05) is 6.92 Å². The molecule has 2 aromatic rings. The summed E-state index contributed by atoms with van der Waals surface area (Å²) in [5.41, 5.74) is 2.33. The van der Waals surface area contributed by atoms with Crippen LogP contribution in [0.1, 0.15) is 11.8 Å². The highest BCUT2D eigenvalue weighted by molar-refractivity contribution is 7.18. The monoisotopic (exact) mass is 303 g/mol. The van der Waals surface area contributed by atoms with E-state index in [0.29, 0.717) is 10.6 Å². The highest BCUT2D eigenvalue weighted by Gasteiger charge is 2.18. The predicted molar refractivity (Wildman–Crippen MR) is 75.1 cm³/mol. The Bertz CT molecular complexity index is 591. The van der Waals surface area contributed by atoms with E-state index >= 15 is 0 Å². The number of fused-ring (bicyclic) bond motifs is 1. The number of alkyl halides is 2. The first kappa shape index (κ1) is 14.8. The normalized spacial score (nSPS) is 12.9. The van der Waals surface area contributed by atoms with Crippen LogP contribution in [0.3, 0.4) is 0 Å². The molecule has 0 aliphatic heterocycles. The number of rotatable bonds is 6. The van der Waals surface area contributed by atoms with Gasteiger partial charge < -0.3 is 10.4 Å². The molecule has 0 aliphatic carbocycles. The molecule has 1 atom stereocenters. The quantitative estimate of drug-likeness (QED) is 0.478. The van der Waals surface area contributed by atoms with Crippen LogP contribution in [-0.2, 0) is 6.42 Å². The van der Waals surface area contributed by atoms with E-state index < -0.39 is 12.5 Å². The van der Waals surface area contributed by atoms with Gasteiger partial charge in [-0.25, -0.2) is 19.6 Å². The lowest BCUT2D eigenvalue weighted by Gasteiger charge is -2.12. The predicted octanol–water partition coefficient (Wildman–Crippen LogP) is 1.58. The second-order valence-electron chi connectivity index (χ2n) is 4.11. The summed E-state index contributed by atoms with van der Waals surface area (Å²) < 4.78 is 24.6. The number of nitrogens with zero attached hydrogens (tertiary/aromatic N) is 2. The average Bonchev–Trinajstić information content (AvgIpc) is 2.86. The molecule has 0 radical (unpaired) electrons. The third-order valence-electron chi connectivity index (χ3n) is 2.69. The van der Waals surface area contributed by atoms with Gasteiger partial charge in [0.05, 0.1) is 5.39 Å². The number of nitrogen functional groups attached to an aromatic ring is 1. The Morgan fingerprint density at radius 1 is 1.45 bits per heavy atom. The zero-order valence-corrected chi connectivity index (χ0v) is 11.5. The number of nitrogens with one attached hydrogen (secondary N) is 2. The van der Waals surface area contributed by atoms with Crippen molar-refractivity contribution in [3.05, 3.63) is 10.9 Å². The van der Waals surface area contributed by atoms with Crippen molar-refractivity contribution in [2.75, 3.05) is 17.3 Å². The number of anilines is 2. The van der Waals surface area contributed by atoms with Crippen LogP contribution in [0, 0.1) is 0 Å². The maximum atomic E-state index is 12.3. The van der Waals surface area contributed by atoms with Gasteiger partial charge in [-0.15, -0.1) is 11.3 Å². The highest BCUT2D eigenvalue weighted by Crippen LogP contribution is 2.30. The van der Waals surface area contributed by atoms with E-state index in [1.807, 2.05) is 13.0 Å². The third kappa shape index (κ3) is 3.11. The molecule has 0 saturated heterocycles. The fourth-order valence-corrected chi connectivity index (χ4v) is 2.60.